The number of aliphatic hydroxyl groups excluding tert-OH is 1. The van der Waals surface area contributed by atoms with E-state index in [-0.39, 0.29) is 5.82 Å². The number of hydrogen-bond acceptors (Lipinski definition) is 1. The van der Waals surface area contributed by atoms with Gasteiger partial charge in [0.1, 0.15) is 5.82 Å². The molecule has 0 saturated heterocycles. The van der Waals surface area contributed by atoms with Gasteiger partial charge in [-0.2, -0.15) is 0 Å². The van der Waals surface area contributed by atoms with Crippen LogP contribution in [0.15, 0.2) is 36.4 Å². The Morgan fingerprint density at radius 3 is 2.70 bits per heavy atom. The van der Waals surface area contributed by atoms with Gasteiger partial charge in [0.2, 0.25) is 0 Å². The van der Waals surface area contributed by atoms with Crippen LogP contribution in [0.1, 0.15) is 40.3 Å². The molecular weight excluding hydrogens is 251 g/mol. The molecule has 1 N–H and O–H groups in total. The van der Waals surface area contributed by atoms with E-state index in [1.807, 2.05) is 13.0 Å². The topological polar surface area (TPSA) is 20.2 Å². The summed E-state index contributed by atoms with van der Waals surface area (Å²) in [6.07, 6.45) is 3.18. The molecular formula is C18H19FO. The van der Waals surface area contributed by atoms with Crippen LogP contribution in [0.3, 0.4) is 0 Å². The molecule has 1 atom stereocenters. The van der Waals surface area contributed by atoms with Gasteiger partial charge in [-0.3, -0.25) is 0 Å². The van der Waals surface area contributed by atoms with Crippen LogP contribution in [-0.2, 0) is 19.3 Å². The van der Waals surface area contributed by atoms with Crippen molar-refractivity contribution in [3.8, 4) is 0 Å². The average molecular weight is 270 g/mol. The van der Waals surface area contributed by atoms with E-state index >= 15 is 0 Å². The summed E-state index contributed by atoms with van der Waals surface area (Å²) in [6.45, 7) is 1.85. The monoisotopic (exact) mass is 270 g/mol. The lowest BCUT2D eigenvalue weighted by Crippen LogP contribution is -2.05. The van der Waals surface area contributed by atoms with Crippen LogP contribution >= 0.6 is 0 Å². The third-order valence-electron chi connectivity index (χ3n) is 4.11. The zero-order chi connectivity index (χ0) is 14.1. The quantitative estimate of drug-likeness (QED) is 0.897. The predicted molar refractivity (Wildman–Crippen MR) is 78.3 cm³/mol. The molecule has 0 spiro atoms. The van der Waals surface area contributed by atoms with Gasteiger partial charge < -0.3 is 5.11 Å². The highest BCUT2D eigenvalue weighted by Gasteiger charge is 2.16. The number of hydrogen-bond donors (Lipinski definition) is 1. The number of aliphatic hydroxyl groups is 1. The Morgan fingerprint density at radius 1 is 1.10 bits per heavy atom. The fourth-order valence-corrected chi connectivity index (χ4v) is 2.99. The Kier molecular flexibility index (Phi) is 3.58. The normalized spacial score (nSPS) is 15.2. The minimum atomic E-state index is -0.782. The van der Waals surface area contributed by atoms with Gasteiger partial charge in [0.05, 0.1) is 6.10 Å². The van der Waals surface area contributed by atoms with Crippen LogP contribution in [0.4, 0.5) is 4.39 Å². The van der Waals surface area contributed by atoms with E-state index in [2.05, 4.69) is 18.2 Å². The molecule has 2 aromatic carbocycles. The van der Waals surface area contributed by atoms with Gasteiger partial charge in [-0.1, -0.05) is 30.3 Å². The maximum absolute atomic E-state index is 13.9. The molecule has 1 unspecified atom stereocenters. The van der Waals surface area contributed by atoms with E-state index in [1.165, 1.54) is 23.6 Å². The van der Waals surface area contributed by atoms with Crippen LogP contribution in [0.2, 0.25) is 0 Å². The lowest BCUT2D eigenvalue weighted by molar-refractivity contribution is 0.173. The second kappa shape index (κ2) is 5.37. The average Bonchev–Trinajstić information content (AvgIpc) is 2.85. The standard InChI is InChI=1S/C18H19FO/c1-12-5-8-16(17(19)9-12)18(20)11-13-6-7-14-3-2-4-15(14)10-13/h5-10,18,20H,2-4,11H2,1H3. The zero-order valence-electron chi connectivity index (χ0n) is 11.7. The number of fused-ring (bicyclic) bond motifs is 1. The van der Waals surface area contributed by atoms with E-state index in [1.54, 1.807) is 6.07 Å². The fraction of sp³-hybridized carbons (Fsp3) is 0.333. The van der Waals surface area contributed by atoms with Crippen molar-refractivity contribution < 1.29 is 9.50 Å². The minimum absolute atomic E-state index is 0.321. The maximum Gasteiger partial charge on any atom is 0.129 e. The molecule has 104 valence electrons. The first-order valence-corrected chi connectivity index (χ1v) is 7.18. The van der Waals surface area contributed by atoms with Crippen LogP contribution in [-0.4, -0.2) is 5.11 Å². The molecule has 3 rings (SSSR count). The van der Waals surface area contributed by atoms with Crippen molar-refractivity contribution >= 4 is 0 Å². The van der Waals surface area contributed by atoms with Gasteiger partial charge in [0.25, 0.3) is 0 Å². The van der Waals surface area contributed by atoms with Crippen molar-refractivity contribution in [2.24, 2.45) is 0 Å². The molecule has 0 aromatic heterocycles. The molecule has 0 amide bonds. The molecule has 0 bridgehead atoms. The van der Waals surface area contributed by atoms with Crippen LogP contribution in [0, 0.1) is 12.7 Å². The summed E-state index contributed by atoms with van der Waals surface area (Å²) in [5, 5.41) is 10.3. The van der Waals surface area contributed by atoms with Gasteiger partial charge in [0.15, 0.2) is 0 Å². The molecule has 0 heterocycles. The predicted octanol–water partition coefficient (Wildman–Crippen LogP) is 3.90. The minimum Gasteiger partial charge on any atom is -0.388 e. The van der Waals surface area contributed by atoms with Gasteiger partial charge in [-0.25, -0.2) is 4.39 Å². The highest BCUT2D eigenvalue weighted by atomic mass is 19.1. The number of benzene rings is 2. The van der Waals surface area contributed by atoms with Gasteiger partial charge in [0, 0.05) is 12.0 Å². The Hall–Kier alpha value is -1.67. The summed E-state index contributed by atoms with van der Waals surface area (Å²) in [4.78, 5) is 0. The van der Waals surface area contributed by atoms with Crippen molar-refractivity contribution in [3.05, 3.63) is 70.0 Å². The van der Waals surface area contributed by atoms with Crippen LogP contribution < -0.4 is 0 Å². The molecule has 2 heteroatoms. The Bertz CT molecular complexity index is 633. The molecule has 1 aliphatic rings. The molecule has 0 saturated carbocycles. The number of halogens is 1. The van der Waals surface area contributed by atoms with Crippen molar-refractivity contribution in [3.63, 3.8) is 0 Å². The first-order chi connectivity index (χ1) is 9.63. The summed E-state index contributed by atoms with van der Waals surface area (Å²) >= 11 is 0. The molecule has 1 nitrogen and oxygen atoms in total. The number of rotatable bonds is 3. The van der Waals surface area contributed by atoms with Crippen LogP contribution in [0.25, 0.3) is 0 Å². The van der Waals surface area contributed by atoms with Crippen molar-refractivity contribution in [2.45, 2.75) is 38.7 Å². The molecule has 0 aliphatic heterocycles. The first kappa shape index (κ1) is 13.3. The summed E-state index contributed by atoms with van der Waals surface area (Å²) < 4.78 is 13.9. The largest absolute Gasteiger partial charge is 0.388 e. The molecule has 0 radical (unpaired) electrons. The van der Waals surface area contributed by atoms with E-state index in [0.717, 1.165) is 24.0 Å². The first-order valence-electron chi connectivity index (χ1n) is 7.18. The lowest BCUT2D eigenvalue weighted by atomic mass is 9.97. The van der Waals surface area contributed by atoms with E-state index in [4.69, 9.17) is 0 Å². The Balaban J connectivity index is 1.80. The summed E-state index contributed by atoms with van der Waals surface area (Å²) in [7, 11) is 0. The second-order valence-electron chi connectivity index (χ2n) is 5.70. The van der Waals surface area contributed by atoms with E-state index in [0.29, 0.717) is 12.0 Å². The Morgan fingerprint density at radius 2 is 1.90 bits per heavy atom. The van der Waals surface area contributed by atoms with Crippen molar-refractivity contribution in [1.82, 2.24) is 0 Å². The zero-order valence-corrected chi connectivity index (χ0v) is 11.7. The summed E-state index contributed by atoms with van der Waals surface area (Å²) in [6, 6.07) is 11.4. The summed E-state index contributed by atoms with van der Waals surface area (Å²) in [5.74, 6) is -0.321. The molecule has 1 aliphatic carbocycles. The van der Waals surface area contributed by atoms with Gasteiger partial charge in [-0.15, -0.1) is 0 Å². The SMILES string of the molecule is Cc1ccc(C(O)Cc2ccc3c(c2)CCC3)c(F)c1. The lowest BCUT2D eigenvalue weighted by Gasteiger charge is -2.13. The Labute approximate surface area is 119 Å². The molecule has 0 fully saturated rings. The van der Waals surface area contributed by atoms with E-state index in [9.17, 15) is 9.50 Å². The van der Waals surface area contributed by atoms with Gasteiger partial charge >= 0.3 is 0 Å². The maximum atomic E-state index is 13.9. The number of aryl methyl sites for hydroxylation is 3. The van der Waals surface area contributed by atoms with Gasteiger partial charge in [-0.05, 0) is 54.5 Å². The van der Waals surface area contributed by atoms with E-state index < -0.39 is 6.10 Å². The van der Waals surface area contributed by atoms with Crippen molar-refractivity contribution in [1.29, 1.82) is 0 Å². The smallest absolute Gasteiger partial charge is 0.129 e. The molecule has 20 heavy (non-hydrogen) atoms. The third kappa shape index (κ3) is 2.61. The van der Waals surface area contributed by atoms with Crippen LogP contribution in [0.5, 0.6) is 0 Å². The van der Waals surface area contributed by atoms with Crippen molar-refractivity contribution in [2.75, 3.05) is 0 Å². The highest BCUT2D eigenvalue weighted by molar-refractivity contribution is 5.36. The fourth-order valence-electron chi connectivity index (χ4n) is 2.99. The summed E-state index contributed by atoms with van der Waals surface area (Å²) in [5.41, 5.74) is 5.15. The highest BCUT2D eigenvalue weighted by Crippen LogP contribution is 2.26. The molecule has 2 aromatic rings. The third-order valence-corrected chi connectivity index (χ3v) is 4.11. The second-order valence-corrected chi connectivity index (χ2v) is 5.70.